The molecule has 2 unspecified atom stereocenters. The van der Waals surface area contributed by atoms with Gasteiger partial charge in [0.25, 0.3) is 0 Å². The number of carbonyl (C=O) groups excluding carboxylic acids is 1. The Balaban J connectivity index is 2.66. The van der Waals surface area contributed by atoms with Gasteiger partial charge >= 0.3 is 5.97 Å². The third-order valence-electron chi connectivity index (χ3n) is 3.83. The highest BCUT2D eigenvalue weighted by atomic mass is 16.5. The van der Waals surface area contributed by atoms with Crippen LogP contribution in [-0.2, 0) is 16.0 Å². The van der Waals surface area contributed by atoms with E-state index < -0.39 is 0 Å². The van der Waals surface area contributed by atoms with E-state index in [0.717, 1.165) is 12.8 Å². The molecule has 0 aliphatic rings. The van der Waals surface area contributed by atoms with Crippen molar-refractivity contribution in [1.29, 1.82) is 0 Å². The largest absolute Gasteiger partial charge is 0.469 e. The van der Waals surface area contributed by atoms with E-state index >= 15 is 0 Å². The minimum atomic E-state index is -0.235. The van der Waals surface area contributed by atoms with Gasteiger partial charge in [-0.25, -0.2) is 0 Å². The highest BCUT2D eigenvalue weighted by molar-refractivity contribution is 5.70. The van der Waals surface area contributed by atoms with Crippen molar-refractivity contribution in [1.82, 2.24) is 5.32 Å². The number of rotatable bonds is 9. The van der Waals surface area contributed by atoms with E-state index in [-0.39, 0.29) is 18.6 Å². The van der Waals surface area contributed by atoms with Crippen LogP contribution in [0.5, 0.6) is 0 Å². The van der Waals surface area contributed by atoms with Gasteiger partial charge in [0.15, 0.2) is 0 Å². The smallest absolute Gasteiger partial charge is 0.307 e. The lowest BCUT2D eigenvalue weighted by molar-refractivity contribution is -0.141. The number of ether oxygens (including phenoxy) is 1. The summed E-state index contributed by atoms with van der Waals surface area (Å²) in [4.78, 5) is 11.4. The number of methoxy groups -OCH3 is 1. The number of esters is 1. The van der Waals surface area contributed by atoms with E-state index in [2.05, 4.69) is 43.4 Å². The zero-order valence-corrected chi connectivity index (χ0v) is 13.3. The Morgan fingerprint density at radius 2 is 2.00 bits per heavy atom. The molecular weight excluding hydrogens is 266 g/mol. The lowest BCUT2D eigenvalue weighted by Gasteiger charge is -2.18. The fourth-order valence-electron chi connectivity index (χ4n) is 2.27. The molecule has 0 saturated heterocycles. The molecule has 118 valence electrons. The first kappa shape index (κ1) is 17.7. The summed E-state index contributed by atoms with van der Waals surface area (Å²) in [6.45, 7) is 4.94. The minimum Gasteiger partial charge on any atom is -0.469 e. The molecule has 1 rings (SSSR count). The third-order valence-corrected chi connectivity index (χ3v) is 3.83. The lowest BCUT2D eigenvalue weighted by Crippen LogP contribution is -2.35. The van der Waals surface area contributed by atoms with Gasteiger partial charge in [-0.3, -0.25) is 4.79 Å². The first-order valence-corrected chi connectivity index (χ1v) is 7.60. The second-order valence-electron chi connectivity index (χ2n) is 5.41. The fourth-order valence-corrected chi connectivity index (χ4v) is 2.27. The maximum Gasteiger partial charge on any atom is 0.307 e. The molecule has 0 heterocycles. The predicted molar refractivity (Wildman–Crippen MR) is 84.4 cm³/mol. The van der Waals surface area contributed by atoms with Crippen LogP contribution in [0.4, 0.5) is 0 Å². The zero-order chi connectivity index (χ0) is 15.7. The third kappa shape index (κ3) is 6.27. The van der Waals surface area contributed by atoms with Crippen LogP contribution in [0.2, 0.25) is 0 Å². The SMILES string of the molecule is CCC(C)c1ccc(CC(CC(=O)OC)NCCO)cc1. The number of aliphatic hydroxyl groups is 1. The van der Waals surface area contributed by atoms with E-state index in [1.807, 2.05) is 0 Å². The molecule has 0 aromatic heterocycles. The lowest BCUT2D eigenvalue weighted by atomic mass is 9.95. The van der Waals surface area contributed by atoms with Crippen LogP contribution in [0.3, 0.4) is 0 Å². The molecule has 21 heavy (non-hydrogen) atoms. The van der Waals surface area contributed by atoms with Crippen molar-refractivity contribution in [3.63, 3.8) is 0 Å². The molecule has 1 aromatic rings. The topological polar surface area (TPSA) is 58.6 Å². The Morgan fingerprint density at radius 3 is 2.52 bits per heavy atom. The van der Waals surface area contributed by atoms with Crippen molar-refractivity contribution >= 4 is 5.97 Å². The molecule has 0 amide bonds. The van der Waals surface area contributed by atoms with Gasteiger partial charge in [-0.05, 0) is 29.9 Å². The quantitative estimate of drug-likeness (QED) is 0.686. The summed E-state index contributed by atoms with van der Waals surface area (Å²) >= 11 is 0. The maximum atomic E-state index is 11.4. The fraction of sp³-hybridized carbons (Fsp3) is 0.588. The van der Waals surface area contributed by atoms with E-state index in [9.17, 15) is 4.79 Å². The summed E-state index contributed by atoms with van der Waals surface area (Å²) in [5.41, 5.74) is 2.52. The Labute approximate surface area is 127 Å². The van der Waals surface area contributed by atoms with Crippen molar-refractivity contribution in [3.8, 4) is 0 Å². The highest BCUT2D eigenvalue weighted by Crippen LogP contribution is 2.19. The summed E-state index contributed by atoms with van der Waals surface area (Å²) in [5, 5.41) is 12.1. The van der Waals surface area contributed by atoms with Crippen LogP contribution < -0.4 is 5.32 Å². The highest BCUT2D eigenvalue weighted by Gasteiger charge is 2.14. The van der Waals surface area contributed by atoms with Crippen LogP contribution >= 0.6 is 0 Å². The number of benzene rings is 1. The molecule has 0 fully saturated rings. The molecule has 4 heteroatoms. The van der Waals surface area contributed by atoms with Crippen LogP contribution in [0.15, 0.2) is 24.3 Å². The molecule has 0 bridgehead atoms. The average molecular weight is 293 g/mol. The van der Waals surface area contributed by atoms with Crippen molar-refractivity contribution < 1.29 is 14.6 Å². The Morgan fingerprint density at radius 1 is 1.33 bits per heavy atom. The molecule has 0 aliphatic carbocycles. The number of aliphatic hydroxyl groups excluding tert-OH is 1. The average Bonchev–Trinajstić information content (AvgIpc) is 2.52. The number of carbonyl (C=O) groups is 1. The van der Waals surface area contributed by atoms with E-state index in [4.69, 9.17) is 9.84 Å². The van der Waals surface area contributed by atoms with Crippen molar-refractivity contribution in [3.05, 3.63) is 35.4 Å². The van der Waals surface area contributed by atoms with Gasteiger partial charge in [0.2, 0.25) is 0 Å². The van der Waals surface area contributed by atoms with Gasteiger partial charge in [-0.1, -0.05) is 38.1 Å². The summed E-state index contributed by atoms with van der Waals surface area (Å²) in [5.74, 6) is 0.332. The summed E-state index contributed by atoms with van der Waals surface area (Å²) in [6.07, 6.45) is 2.18. The van der Waals surface area contributed by atoms with Gasteiger partial charge in [-0.15, -0.1) is 0 Å². The number of nitrogens with one attached hydrogen (secondary N) is 1. The van der Waals surface area contributed by atoms with Crippen LogP contribution in [0.25, 0.3) is 0 Å². The first-order valence-electron chi connectivity index (χ1n) is 7.60. The Kier molecular flexibility index (Phi) is 8.01. The summed E-state index contributed by atoms with van der Waals surface area (Å²) in [6, 6.07) is 8.54. The first-order chi connectivity index (χ1) is 10.1. The van der Waals surface area contributed by atoms with Crippen LogP contribution in [0.1, 0.15) is 43.7 Å². The van der Waals surface area contributed by atoms with Gasteiger partial charge in [0.05, 0.1) is 20.1 Å². The Hall–Kier alpha value is -1.39. The zero-order valence-electron chi connectivity index (χ0n) is 13.3. The Bertz CT molecular complexity index is 417. The van der Waals surface area contributed by atoms with Crippen LogP contribution in [0, 0.1) is 0 Å². The van der Waals surface area contributed by atoms with E-state index in [1.165, 1.54) is 18.2 Å². The molecule has 2 N–H and O–H groups in total. The maximum absolute atomic E-state index is 11.4. The molecular formula is C17H27NO3. The molecule has 2 atom stereocenters. The van der Waals surface area contributed by atoms with E-state index in [1.54, 1.807) is 0 Å². The molecule has 0 aliphatic heterocycles. The van der Waals surface area contributed by atoms with Crippen molar-refractivity contribution in [2.75, 3.05) is 20.3 Å². The normalized spacial score (nSPS) is 13.7. The molecule has 4 nitrogen and oxygen atoms in total. The summed E-state index contributed by atoms with van der Waals surface area (Å²) < 4.78 is 4.72. The van der Waals surface area contributed by atoms with Crippen molar-refractivity contribution in [2.24, 2.45) is 0 Å². The minimum absolute atomic E-state index is 0.0148. The molecule has 1 aromatic carbocycles. The van der Waals surface area contributed by atoms with Gasteiger partial charge in [0, 0.05) is 12.6 Å². The monoisotopic (exact) mass is 293 g/mol. The van der Waals surface area contributed by atoms with Gasteiger partial charge < -0.3 is 15.2 Å². The van der Waals surface area contributed by atoms with Crippen LogP contribution in [-0.4, -0.2) is 37.4 Å². The molecule has 0 saturated carbocycles. The van der Waals surface area contributed by atoms with Gasteiger partial charge in [0.1, 0.15) is 0 Å². The summed E-state index contributed by atoms with van der Waals surface area (Å²) in [7, 11) is 1.40. The number of hydrogen-bond donors (Lipinski definition) is 2. The second-order valence-corrected chi connectivity index (χ2v) is 5.41. The predicted octanol–water partition coefficient (Wildman–Crippen LogP) is 2.26. The van der Waals surface area contributed by atoms with E-state index in [0.29, 0.717) is 18.9 Å². The standard InChI is InChI=1S/C17H27NO3/c1-4-13(2)15-7-5-14(6-8-15)11-16(18-9-10-19)12-17(20)21-3/h5-8,13,16,18-19H,4,9-12H2,1-3H3. The molecule has 0 spiro atoms. The van der Waals surface area contributed by atoms with Gasteiger partial charge in [-0.2, -0.15) is 0 Å². The number of hydrogen-bond acceptors (Lipinski definition) is 4. The second kappa shape index (κ2) is 9.53. The molecule has 0 radical (unpaired) electrons. The van der Waals surface area contributed by atoms with Crippen molar-refractivity contribution in [2.45, 2.75) is 45.1 Å².